The first-order valence-corrected chi connectivity index (χ1v) is 7.67. The number of allylic oxidation sites excluding steroid dienone is 7. The van der Waals surface area contributed by atoms with Crippen LogP contribution in [0.25, 0.3) is 11.6 Å². The molecule has 118 valence electrons. The van der Waals surface area contributed by atoms with Crippen molar-refractivity contribution in [1.29, 1.82) is 0 Å². The highest BCUT2D eigenvalue weighted by molar-refractivity contribution is 8.17. The lowest BCUT2D eigenvalue weighted by Gasteiger charge is -1.98. The lowest BCUT2D eigenvalue weighted by molar-refractivity contribution is -0.105. The second-order valence-electron chi connectivity index (χ2n) is 4.59. The van der Waals surface area contributed by atoms with Crippen LogP contribution in [0.4, 0.5) is 4.79 Å². The van der Waals surface area contributed by atoms with Crippen LogP contribution < -0.4 is 5.32 Å². The number of nitrogens with one attached hydrogen (secondary N) is 1. The van der Waals surface area contributed by atoms with E-state index in [0.29, 0.717) is 29.8 Å². The van der Waals surface area contributed by atoms with E-state index in [2.05, 4.69) is 5.32 Å². The molecule has 0 unspecified atom stereocenters. The van der Waals surface area contributed by atoms with E-state index in [-0.39, 0.29) is 10.1 Å². The van der Waals surface area contributed by atoms with Gasteiger partial charge in [-0.25, -0.2) is 0 Å². The molecule has 6 heteroatoms. The van der Waals surface area contributed by atoms with E-state index in [9.17, 15) is 14.4 Å². The average molecular weight is 329 g/mol. The molecule has 0 fully saturated rings. The summed E-state index contributed by atoms with van der Waals surface area (Å²) in [6, 6.07) is 3.49. The Kier molecular flexibility index (Phi) is 5.94. The van der Waals surface area contributed by atoms with Crippen molar-refractivity contribution in [2.45, 2.75) is 6.42 Å². The first kappa shape index (κ1) is 16.8. The van der Waals surface area contributed by atoms with Gasteiger partial charge in [-0.2, -0.15) is 0 Å². The molecule has 2 rings (SSSR count). The van der Waals surface area contributed by atoms with Crippen LogP contribution >= 0.6 is 11.8 Å². The van der Waals surface area contributed by atoms with Crippen LogP contribution in [0.1, 0.15) is 17.9 Å². The summed E-state index contributed by atoms with van der Waals surface area (Å²) >= 11 is 0.797. The Labute approximate surface area is 137 Å². The van der Waals surface area contributed by atoms with Gasteiger partial charge in [-0.15, -0.1) is 0 Å². The number of aldehydes is 2. The van der Waals surface area contributed by atoms with Gasteiger partial charge in [-0.3, -0.25) is 14.4 Å². The second kappa shape index (κ2) is 8.14. The summed E-state index contributed by atoms with van der Waals surface area (Å²) in [6.45, 7) is 0. The number of furan rings is 1. The molecule has 1 aromatic rings. The van der Waals surface area contributed by atoms with Crippen molar-refractivity contribution >= 4 is 41.2 Å². The van der Waals surface area contributed by atoms with Crippen LogP contribution in [0, 0.1) is 0 Å². The highest BCUT2D eigenvalue weighted by atomic mass is 32.2. The molecule has 5 nitrogen and oxygen atoms in total. The Balaban J connectivity index is 2.22. The van der Waals surface area contributed by atoms with Crippen LogP contribution in [0.5, 0.6) is 0 Å². The standard InChI is InChI=1S/C17H15NO4S/c1-18-17(21)23-15(11-20)9-14-7-8-16(22-14)13-4-2-3-12(10-19)5-6-13/h2,4-11H,3H2,1H3,(H,18,21)/b15-9-. The Morgan fingerprint density at radius 1 is 1.30 bits per heavy atom. The van der Waals surface area contributed by atoms with E-state index in [1.807, 2.05) is 12.2 Å². The zero-order valence-electron chi connectivity index (χ0n) is 12.4. The topological polar surface area (TPSA) is 76.4 Å². The lowest BCUT2D eigenvalue weighted by Crippen LogP contribution is -2.11. The third kappa shape index (κ3) is 4.69. The summed E-state index contributed by atoms with van der Waals surface area (Å²) < 4.78 is 5.68. The molecular weight excluding hydrogens is 314 g/mol. The molecule has 0 aromatic carbocycles. The zero-order chi connectivity index (χ0) is 16.7. The predicted octanol–water partition coefficient (Wildman–Crippen LogP) is 3.36. The first-order chi connectivity index (χ1) is 11.2. The molecule has 0 aliphatic heterocycles. The van der Waals surface area contributed by atoms with Crippen molar-refractivity contribution in [2.75, 3.05) is 7.05 Å². The van der Waals surface area contributed by atoms with E-state index in [0.717, 1.165) is 23.6 Å². The Bertz CT molecular complexity index is 738. The van der Waals surface area contributed by atoms with E-state index in [1.165, 1.54) is 13.1 Å². The van der Waals surface area contributed by atoms with Crippen molar-refractivity contribution in [3.63, 3.8) is 0 Å². The number of carbonyl (C=O) groups excluding carboxylic acids is 3. The summed E-state index contributed by atoms with van der Waals surface area (Å²) in [5.41, 5.74) is 1.52. The van der Waals surface area contributed by atoms with Gasteiger partial charge in [0.05, 0.1) is 4.91 Å². The summed E-state index contributed by atoms with van der Waals surface area (Å²) in [7, 11) is 1.49. The van der Waals surface area contributed by atoms with Gasteiger partial charge in [0.25, 0.3) is 5.24 Å². The fraction of sp³-hybridized carbons (Fsp3) is 0.118. The molecule has 0 spiro atoms. The first-order valence-electron chi connectivity index (χ1n) is 6.85. The largest absolute Gasteiger partial charge is 0.457 e. The van der Waals surface area contributed by atoms with E-state index in [4.69, 9.17) is 4.42 Å². The maximum Gasteiger partial charge on any atom is 0.283 e. The molecule has 0 bridgehead atoms. The highest BCUT2D eigenvalue weighted by Gasteiger charge is 2.09. The fourth-order valence-electron chi connectivity index (χ4n) is 1.87. The zero-order valence-corrected chi connectivity index (χ0v) is 13.3. The van der Waals surface area contributed by atoms with Crippen molar-refractivity contribution in [3.05, 3.63) is 58.4 Å². The maximum absolute atomic E-state index is 11.3. The molecule has 1 N–H and O–H groups in total. The molecule has 1 aliphatic carbocycles. The van der Waals surface area contributed by atoms with Gasteiger partial charge in [0, 0.05) is 12.6 Å². The van der Waals surface area contributed by atoms with E-state index < -0.39 is 0 Å². The normalized spacial score (nSPS) is 14.6. The van der Waals surface area contributed by atoms with Gasteiger partial charge in [0.15, 0.2) is 6.29 Å². The number of hydrogen-bond acceptors (Lipinski definition) is 5. The molecule has 1 heterocycles. The van der Waals surface area contributed by atoms with Crippen molar-refractivity contribution in [1.82, 2.24) is 5.32 Å². The van der Waals surface area contributed by atoms with Gasteiger partial charge in [0.1, 0.15) is 17.8 Å². The molecule has 1 aliphatic rings. The van der Waals surface area contributed by atoms with Crippen LogP contribution in [-0.2, 0) is 9.59 Å². The fourth-order valence-corrected chi connectivity index (χ4v) is 2.40. The SMILES string of the molecule is CNC(=O)S/C(C=O)=C\c1ccc(C2=CC=C(C=O)CC=C2)o1. The van der Waals surface area contributed by atoms with Crippen LogP contribution in [0.3, 0.4) is 0 Å². The predicted molar refractivity (Wildman–Crippen MR) is 90.7 cm³/mol. The van der Waals surface area contributed by atoms with Crippen LogP contribution in [0.15, 0.2) is 51.3 Å². The minimum Gasteiger partial charge on any atom is -0.457 e. The Morgan fingerprint density at radius 3 is 2.83 bits per heavy atom. The average Bonchev–Trinajstić information content (AvgIpc) is 2.89. The highest BCUT2D eigenvalue weighted by Crippen LogP contribution is 2.25. The molecule has 0 radical (unpaired) electrons. The Morgan fingerprint density at radius 2 is 2.13 bits per heavy atom. The number of amides is 1. The van der Waals surface area contributed by atoms with Crippen molar-refractivity contribution in [2.24, 2.45) is 0 Å². The minimum atomic E-state index is -0.323. The number of rotatable bonds is 5. The molecule has 1 aromatic heterocycles. The smallest absolute Gasteiger partial charge is 0.283 e. The molecule has 0 atom stereocenters. The third-order valence-corrected chi connectivity index (χ3v) is 3.85. The van der Waals surface area contributed by atoms with Gasteiger partial charge >= 0.3 is 0 Å². The van der Waals surface area contributed by atoms with Gasteiger partial charge < -0.3 is 9.73 Å². The summed E-state index contributed by atoms with van der Waals surface area (Å²) in [6.07, 6.45) is 10.8. The van der Waals surface area contributed by atoms with Crippen molar-refractivity contribution < 1.29 is 18.8 Å². The van der Waals surface area contributed by atoms with E-state index in [1.54, 1.807) is 24.3 Å². The minimum absolute atomic E-state index is 0.249. The number of carbonyl (C=O) groups is 3. The molecular formula is C17H15NO4S. The maximum atomic E-state index is 11.3. The number of thioether (sulfide) groups is 1. The van der Waals surface area contributed by atoms with Gasteiger partial charge in [-0.05, 0) is 42.0 Å². The summed E-state index contributed by atoms with van der Waals surface area (Å²) in [5.74, 6) is 1.09. The molecule has 0 saturated heterocycles. The molecule has 0 saturated carbocycles. The van der Waals surface area contributed by atoms with Gasteiger partial charge in [0.2, 0.25) is 0 Å². The summed E-state index contributed by atoms with van der Waals surface area (Å²) in [5, 5.41) is 2.11. The number of hydrogen-bond donors (Lipinski definition) is 1. The van der Waals surface area contributed by atoms with Gasteiger partial charge in [-0.1, -0.05) is 24.3 Å². The molecule has 1 amide bonds. The van der Waals surface area contributed by atoms with E-state index >= 15 is 0 Å². The lowest BCUT2D eigenvalue weighted by atomic mass is 10.2. The summed E-state index contributed by atoms with van der Waals surface area (Å²) in [4.78, 5) is 33.3. The quantitative estimate of drug-likeness (QED) is 0.662. The van der Waals surface area contributed by atoms with Crippen LogP contribution in [0.2, 0.25) is 0 Å². The monoisotopic (exact) mass is 329 g/mol. The van der Waals surface area contributed by atoms with Crippen LogP contribution in [-0.4, -0.2) is 24.9 Å². The third-order valence-electron chi connectivity index (χ3n) is 3.01. The molecule has 23 heavy (non-hydrogen) atoms. The Hall–Kier alpha value is -2.60. The second-order valence-corrected chi connectivity index (χ2v) is 5.64. The van der Waals surface area contributed by atoms with Crippen molar-refractivity contribution in [3.8, 4) is 0 Å².